The van der Waals surface area contributed by atoms with E-state index in [0.717, 1.165) is 35.8 Å². The van der Waals surface area contributed by atoms with Crippen molar-refractivity contribution in [3.05, 3.63) is 63.6 Å². The number of carbonyl (C=O) groups excluding carboxylic acids is 1. The quantitative estimate of drug-likeness (QED) is 0.639. The summed E-state index contributed by atoms with van der Waals surface area (Å²) in [6.07, 6.45) is 3.57. The maximum absolute atomic E-state index is 12.4. The number of rotatable bonds is 8. The highest BCUT2D eigenvalue weighted by Gasteiger charge is 2.21. The predicted octanol–water partition coefficient (Wildman–Crippen LogP) is 3.67. The van der Waals surface area contributed by atoms with E-state index in [-0.39, 0.29) is 17.3 Å². The summed E-state index contributed by atoms with van der Waals surface area (Å²) in [4.78, 5) is 14.8. The first-order valence-electron chi connectivity index (χ1n) is 9.72. The van der Waals surface area contributed by atoms with Crippen LogP contribution >= 0.6 is 23.2 Å². The van der Waals surface area contributed by atoms with Gasteiger partial charge in [0.1, 0.15) is 6.54 Å². The zero-order valence-electron chi connectivity index (χ0n) is 16.8. The molecule has 0 radical (unpaired) electrons. The number of halogens is 2. The Kier molecular flexibility index (Phi) is 7.63. The van der Waals surface area contributed by atoms with Crippen molar-refractivity contribution in [1.82, 2.24) is 10.2 Å². The highest BCUT2D eigenvalue weighted by atomic mass is 35.5. The molecule has 0 bridgehead atoms. The number of carbonyl (C=O) groups is 1. The Labute approximate surface area is 187 Å². The van der Waals surface area contributed by atoms with Gasteiger partial charge in [0, 0.05) is 13.1 Å². The minimum absolute atomic E-state index is 0.220. The smallest absolute Gasteiger partial charge is 0.241 e. The number of likely N-dealkylation sites (tertiary alicyclic amines) is 1. The Morgan fingerprint density at radius 3 is 2.27 bits per heavy atom. The fourth-order valence-electron chi connectivity index (χ4n) is 3.39. The molecule has 1 saturated heterocycles. The van der Waals surface area contributed by atoms with Gasteiger partial charge in [-0.1, -0.05) is 47.5 Å². The summed E-state index contributed by atoms with van der Waals surface area (Å²) in [7, 11) is -3.68. The molecule has 1 N–H and O–H groups in total. The molecule has 2 aromatic rings. The minimum Gasteiger partial charge on any atom is -0.350 e. The summed E-state index contributed by atoms with van der Waals surface area (Å²) >= 11 is 11.9. The molecule has 1 aliphatic heterocycles. The van der Waals surface area contributed by atoms with Crippen LogP contribution in [0.3, 0.4) is 0 Å². The summed E-state index contributed by atoms with van der Waals surface area (Å²) in [5.41, 5.74) is 2.48. The van der Waals surface area contributed by atoms with Gasteiger partial charge in [-0.3, -0.25) is 14.0 Å². The van der Waals surface area contributed by atoms with Crippen molar-refractivity contribution in [2.24, 2.45) is 0 Å². The molecule has 9 heteroatoms. The lowest BCUT2D eigenvalue weighted by molar-refractivity contribution is -0.119. The number of sulfonamides is 1. The Hall–Kier alpha value is -1.80. The van der Waals surface area contributed by atoms with E-state index in [0.29, 0.717) is 11.6 Å². The minimum atomic E-state index is -3.68. The van der Waals surface area contributed by atoms with E-state index < -0.39 is 15.9 Å². The average Bonchev–Trinajstić information content (AvgIpc) is 3.20. The van der Waals surface area contributed by atoms with Crippen molar-refractivity contribution in [3.63, 3.8) is 0 Å². The van der Waals surface area contributed by atoms with Crippen LogP contribution in [0.2, 0.25) is 10.0 Å². The van der Waals surface area contributed by atoms with Crippen LogP contribution < -0.4 is 9.62 Å². The van der Waals surface area contributed by atoms with Gasteiger partial charge >= 0.3 is 0 Å². The average molecular weight is 470 g/mol. The van der Waals surface area contributed by atoms with Crippen molar-refractivity contribution in [2.75, 3.05) is 30.2 Å². The van der Waals surface area contributed by atoms with Gasteiger partial charge in [-0.05, 0) is 55.3 Å². The molecule has 2 aromatic carbocycles. The first kappa shape index (κ1) is 22.9. The highest BCUT2D eigenvalue weighted by Crippen LogP contribution is 2.28. The van der Waals surface area contributed by atoms with Crippen LogP contribution in [-0.2, 0) is 27.9 Å². The lowest BCUT2D eigenvalue weighted by atomic mass is 10.1. The Morgan fingerprint density at radius 2 is 1.67 bits per heavy atom. The van der Waals surface area contributed by atoms with E-state index in [1.807, 2.05) is 12.1 Å². The van der Waals surface area contributed by atoms with E-state index in [9.17, 15) is 13.2 Å². The molecule has 1 heterocycles. The fraction of sp³-hybridized carbons (Fsp3) is 0.381. The SMILES string of the molecule is CS(=O)(=O)N(CC(=O)NCc1ccc(CN2CCCC2)cc1)c1ccc(Cl)c(Cl)c1. The van der Waals surface area contributed by atoms with Crippen LogP contribution in [-0.4, -0.2) is 45.1 Å². The van der Waals surface area contributed by atoms with Crippen molar-refractivity contribution in [2.45, 2.75) is 25.9 Å². The lowest BCUT2D eigenvalue weighted by Gasteiger charge is -2.22. The fourth-order valence-corrected chi connectivity index (χ4v) is 4.53. The summed E-state index contributed by atoms with van der Waals surface area (Å²) in [6, 6.07) is 12.5. The number of amides is 1. The molecule has 6 nitrogen and oxygen atoms in total. The van der Waals surface area contributed by atoms with Crippen molar-refractivity contribution >= 4 is 44.8 Å². The zero-order chi connectivity index (χ0) is 21.7. The molecule has 0 spiro atoms. The van der Waals surface area contributed by atoms with Gasteiger partial charge in [-0.25, -0.2) is 8.42 Å². The number of nitrogens with one attached hydrogen (secondary N) is 1. The molecule has 1 aliphatic rings. The first-order chi connectivity index (χ1) is 14.2. The standard InChI is InChI=1S/C21H25Cl2N3O3S/c1-30(28,29)26(18-8-9-19(22)20(23)12-18)15-21(27)24-13-16-4-6-17(7-5-16)14-25-10-2-3-11-25/h4-9,12H,2-3,10-11,13-15H2,1H3,(H,24,27). The topological polar surface area (TPSA) is 69.7 Å². The molecule has 0 aliphatic carbocycles. The molecule has 162 valence electrons. The Morgan fingerprint density at radius 1 is 1.03 bits per heavy atom. The van der Waals surface area contributed by atoms with Gasteiger partial charge < -0.3 is 5.32 Å². The van der Waals surface area contributed by atoms with E-state index >= 15 is 0 Å². The number of benzene rings is 2. The zero-order valence-corrected chi connectivity index (χ0v) is 19.1. The third-order valence-corrected chi connectivity index (χ3v) is 6.88. The van der Waals surface area contributed by atoms with Crippen molar-refractivity contribution in [1.29, 1.82) is 0 Å². The Balaban J connectivity index is 1.58. The number of hydrogen-bond donors (Lipinski definition) is 1. The van der Waals surface area contributed by atoms with Gasteiger partial charge in [-0.15, -0.1) is 0 Å². The summed E-state index contributed by atoms with van der Waals surface area (Å²) in [6.45, 7) is 3.21. The normalized spacial score (nSPS) is 14.6. The molecule has 0 aromatic heterocycles. The first-order valence-corrected chi connectivity index (χ1v) is 12.3. The number of nitrogens with zero attached hydrogens (tertiary/aromatic N) is 2. The van der Waals surface area contributed by atoms with Crippen LogP contribution in [0.25, 0.3) is 0 Å². The van der Waals surface area contributed by atoms with Gasteiger partial charge in [0.25, 0.3) is 0 Å². The summed E-state index contributed by atoms with van der Waals surface area (Å²) in [5, 5.41) is 3.31. The van der Waals surface area contributed by atoms with Crippen LogP contribution in [0, 0.1) is 0 Å². The summed E-state index contributed by atoms with van der Waals surface area (Å²) in [5.74, 6) is -0.410. The van der Waals surface area contributed by atoms with Crippen LogP contribution in [0.5, 0.6) is 0 Å². The molecule has 30 heavy (non-hydrogen) atoms. The Bertz CT molecular complexity index is 991. The second-order valence-electron chi connectivity index (χ2n) is 7.44. The highest BCUT2D eigenvalue weighted by molar-refractivity contribution is 7.92. The van der Waals surface area contributed by atoms with E-state index in [1.54, 1.807) is 0 Å². The largest absolute Gasteiger partial charge is 0.350 e. The van der Waals surface area contributed by atoms with Crippen LogP contribution in [0.4, 0.5) is 5.69 Å². The predicted molar refractivity (Wildman–Crippen MR) is 121 cm³/mol. The number of hydrogen-bond acceptors (Lipinski definition) is 4. The molecule has 0 atom stereocenters. The van der Waals surface area contributed by atoms with Crippen LogP contribution in [0.1, 0.15) is 24.0 Å². The number of anilines is 1. The summed E-state index contributed by atoms with van der Waals surface area (Å²) < 4.78 is 25.4. The monoisotopic (exact) mass is 469 g/mol. The van der Waals surface area contributed by atoms with E-state index in [4.69, 9.17) is 23.2 Å². The van der Waals surface area contributed by atoms with Crippen LogP contribution in [0.15, 0.2) is 42.5 Å². The van der Waals surface area contributed by atoms with E-state index in [1.165, 1.54) is 36.6 Å². The molecular formula is C21H25Cl2N3O3S. The van der Waals surface area contributed by atoms with E-state index in [2.05, 4.69) is 22.3 Å². The van der Waals surface area contributed by atoms with Gasteiger partial charge in [0.2, 0.25) is 15.9 Å². The van der Waals surface area contributed by atoms with Crippen molar-refractivity contribution in [3.8, 4) is 0 Å². The van der Waals surface area contributed by atoms with Gasteiger partial charge in [-0.2, -0.15) is 0 Å². The molecule has 0 unspecified atom stereocenters. The maximum Gasteiger partial charge on any atom is 0.241 e. The maximum atomic E-state index is 12.4. The lowest BCUT2D eigenvalue weighted by Crippen LogP contribution is -2.40. The van der Waals surface area contributed by atoms with Gasteiger partial charge in [0.05, 0.1) is 22.0 Å². The molecule has 0 saturated carbocycles. The second-order valence-corrected chi connectivity index (χ2v) is 10.2. The molecule has 3 rings (SSSR count). The van der Waals surface area contributed by atoms with Gasteiger partial charge in [0.15, 0.2) is 0 Å². The molecular weight excluding hydrogens is 445 g/mol. The second kappa shape index (κ2) is 10.0. The third-order valence-electron chi connectivity index (χ3n) is 5.00. The molecule has 1 amide bonds. The third kappa shape index (κ3) is 6.35. The van der Waals surface area contributed by atoms with Crippen molar-refractivity contribution < 1.29 is 13.2 Å². The molecule has 1 fully saturated rings.